The van der Waals surface area contributed by atoms with Crippen LogP contribution in [0.25, 0.3) is 5.69 Å². The van der Waals surface area contributed by atoms with Crippen LogP contribution in [0.1, 0.15) is 24.6 Å². The van der Waals surface area contributed by atoms with E-state index in [2.05, 4.69) is 10.2 Å². The van der Waals surface area contributed by atoms with Crippen molar-refractivity contribution in [1.29, 1.82) is 0 Å². The summed E-state index contributed by atoms with van der Waals surface area (Å²) in [6.07, 6.45) is 2.02. The maximum absolute atomic E-state index is 13.7. The second kappa shape index (κ2) is 5.65. The number of carboxylic acid groups (broad SMARTS) is 1. The van der Waals surface area contributed by atoms with Crippen LogP contribution in [0.4, 0.5) is 4.39 Å². The third-order valence-corrected chi connectivity index (χ3v) is 4.31. The number of carbonyl (C=O) groups is 1. The Balaban J connectivity index is 2.02. The first-order valence-corrected chi connectivity index (χ1v) is 7.68. The molecule has 1 N–H and O–H groups in total. The molecule has 1 fully saturated rings. The molecule has 0 bridgehead atoms. The molecule has 1 aliphatic rings. The Morgan fingerprint density at radius 2 is 2.24 bits per heavy atom. The lowest BCUT2D eigenvalue weighted by molar-refractivity contribution is -0.133. The van der Waals surface area contributed by atoms with Crippen molar-refractivity contribution in [3.63, 3.8) is 0 Å². The molecule has 0 amide bonds. The summed E-state index contributed by atoms with van der Waals surface area (Å²) in [5, 5.41) is 17.4. The van der Waals surface area contributed by atoms with Gasteiger partial charge in [0.15, 0.2) is 5.16 Å². The minimum Gasteiger partial charge on any atom is -0.481 e. The van der Waals surface area contributed by atoms with E-state index in [-0.39, 0.29) is 10.8 Å². The quantitative estimate of drug-likeness (QED) is 0.855. The van der Waals surface area contributed by atoms with Crippen molar-refractivity contribution in [2.24, 2.45) is 0 Å². The number of thioether (sulfide) groups is 1. The highest BCUT2D eigenvalue weighted by molar-refractivity contribution is 7.99. The van der Waals surface area contributed by atoms with Gasteiger partial charge in [-0.2, -0.15) is 0 Å². The second-order valence-electron chi connectivity index (χ2n) is 4.73. The zero-order valence-electron chi connectivity index (χ0n) is 10.8. The van der Waals surface area contributed by atoms with E-state index in [1.165, 1.54) is 12.1 Å². The van der Waals surface area contributed by atoms with Crippen molar-refractivity contribution in [3.05, 3.63) is 34.9 Å². The number of halogens is 2. The lowest BCUT2D eigenvalue weighted by atomic mass is 10.3. The predicted molar refractivity (Wildman–Crippen MR) is 76.7 cm³/mol. The van der Waals surface area contributed by atoms with Gasteiger partial charge in [-0.05, 0) is 31.0 Å². The summed E-state index contributed by atoms with van der Waals surface area (Å²) in [5.74, 6) is -0.553. The Morgan fingerprint density at radius 3 is 2.86 bits per heavy atom. The predicted octanol–water partition coefficient (Wildman–Crippen LogP) is 3.11. The van der Waals surface area contributed by atoms with Gasteiger partial charge in [0.2, 0.25) is 0 Å². The number of nitrogens with zero attached hydrogens (tertiary/aromatic N) is 3. The number of hydrogen-bond acceptors (Lipinski definition) is 4. The van der Waals surface area contributed by atoms with Crippen LogP contribution >= 0.6 is 23.4 Å². The van der Waals surface area contributed by atoms with Crippen LogP contribution in [0.15, 0.2) is 23.4 Å². The van der Waals surface area contributed by atoms with Crippen LogP contribution < -0.4 is 0 Å². The van der Waals surface area contributed by atoms with Gasteiger partial charge in [-0.3, -0.25) is 9.36 Å². The molecule has 1 aromatic carbocycles. The molecule has 5 nitrogen and oxygen atoms in total. The van der Waals surface area contributed by atoms with Gasteiger partial charge in [-0.25, -0.2) is 4.39 Å². The SMILES string of the molecule is O=C(O)CSc1nnc(C2CC2)n1-c1ccc(Cl)c(F)c1. The van der Waals surface area contributed by atoms with Crippen LogP contribution in [-0.2, 0) is 4.79 Å². The van der Waals surface area contributed by atoms with E-state index in [0.717, 1.165) is 30.4 Å². The molecule has 0 atom stereocenters. The van der Waals surface area contributed by atoms with E-state index in [1.807, 2.05) is 0 Å². The van der Waals surface area contributed by atoms with Gasteiger partial charge < -0.3 is 5.11 Å². The fraction of sp³-hybridized carbons (Fsp3) is 0.308. The number of aromatic nitrogens is 3. The average molecular weight is 328 g/mol. The summed E-state index contributed by atoms with van der Waals surface area (Å²) < 4.78 is 15.4. The highest BCUT2D eigenvalue weighted by atomic mass is 35.5. The van der Waals surface area contributed by atoms with Gasteiger partial charge >= 0.3 is 5.97 Å². The number of aliphatic carboxylic acids is 1. The number of carboxylic acids is 1. The minimum absolute atomic E-state index is 0.0412. The summed E-state index contributed by atoms with van der Waals surface area (Å²) in [6, 6.07) is 4.45. The van der Waals surface area contributed by atoms with Crippen molar-refractivity contribution >= 4 is 29.3 Å². The highest BCUT2D eigenvalue weighted by Crippen LogP contribution is 2.41. The molecule has 1 saturated carbocycles. The Bertz CT molecular complexity index is 703. The summed E-state index contributed by atoms with van der Waals surface area (Å²) in [5.41, 5.74) is 0.552. The van der Waals surface area contributed by atoms with Gasteiger partial charge in [0.05, 0.1) is 16.5 Å². The van der Waals surface area contributed by atoms with E-state index in [9.17, 15) is 9.18 Å². The Hall–Kier alpha value is -1.60. The molecule has 0 saturated heterocycles. The smallest absolute Gasteiger partial charge is 0.313 e. The third-order valence-electron chi connectivity index (χ3n) is 3.09. The monoisotopic (exact) mass is 327 g/mol. The van der Waals surface area contributed by atoms with E-state index in [1.54, 1.807) is 10.6 Å². The Kier molecular flexibility index (Phi) is 3.86. The van der Waals surface area contributed by atoms with Gasteiger partial charge in [-0.15, -0.1) is 10.2 Å². The molecule has 110 valence electrons. The van der Waals surface area contributed by atoms with Crippen molar-refractivity contribution < 1.29 is 14.3 Å². The molecule has 0 unspecified atom stereocenters. The largest absolute Gasteiger partial charge is 0.481 e. The molecule has 21 heavy (non-hydrogen) atoms. The van der Waals surface area contributed by atoms with Crippen LogP contribution in [0.2, 0.25) is 5.02 Å². The molecule has 2 aromatic rings. The molecule has 8 heteroatoms. The van der Waals surface area contributed by atoms with Gasteiger partial charge in [0.25, 0.3) is 0 Å². The molecule has 1 aromatic heterocycles. The maximum atomic E-state index is 13.7. The molecule has 0 aliphatic heterocycles. The molecule has 1 heterocycles. The van der Waals surface area contributed by atoms with Crippen LogP contribution in [0, 0.1) is 5.82 Å². The van der Waals surface area contributed by atoms with Crippen molar-refractivity contribution in [1.82, 2.24) is 14.8 Å². The maximum Gasteiger partial charge on any atom is 0.313 e. The number of hydrogen-bond donors (Lipinski definition) is 1. The zero-order chi connectivity index (χ0) is 15.0. The first-order valence-electron chi connectivity index (χ1n) is 6.31. The summed E-state index contributed by atoms with van der Waals surface area (Å²) in [4.78, 5) is 10.7. The second-order valence-corrected chi connectivity index (χ2v) is 6.08. The standard InChI is InChI=1S/C13H11ClFN3O2S/c14-9-4-3-8(5-10(9)15)18-12(7-1-2-7)16-17-13(18)21-6-11(19)20/h3-5,7H,1-2,6H2,(H,19,20). The summed E-state index contributed by atoms with van der Waals surface area (Å²) in [6.45, 7) is 0. The molecule has 3 rings (SSSR count). The molecule has 0 spiro atoms. The number of rotatable bonds is 5. The lowest BCUT2D eigenvalue weighted by Gasteiger charge is -2.09. The van der Waals surface area contributed by atoms with Crippen molar-refractivity contribution in [2.75, 3.05) is 5.75 Å². The van der Waals surface area contributed by atoms with Crippen LogP contribution in [-0.4, -0.2) is 31.6 Å². The fourth-order valence-electron chi connectivity index (χ4n) is 1.97. The van der Waals surface area contributed by atoms with Crippen molar-refractivity contribution in [3.8, 4) is 5.69 Å². The Morgan fingerprint density at radius 1 is 1.48 bits per heavy atom. The fourth-order valence-corrected chi connectivity index (χ4v) is 2.77. The van der Waals surface area contributed by atoms with E-state index in [0.29, 0.717) is 16.8 Å². The molecular weight excluding hydrogens is 317 g/mol. The minimum atomic E-state index is -0.940. The van der Waals surface area contributed by atoms with E-state index >= 15 is 0 Å². The normalized spacial score (nSPS) is 14.4. The highest BCUT2D eigenvalue weighted by Gasteiger charge is 2.31. The molecule has 0 radical (unpaired) electrons. The topological polar surface area (TPSA) is 68.0 Å². The van der Waals surface area contributed by atoms with Gasteiger partial charge in [-0.1, -0.05) is 23.4 Å². The average Bonchev–Trinajstić information content (AvgIpc) is 3.20. The molecular formula is C13H11ClFN3O2S. The molecule has 1 aliphatic carbocycles. The summed E-state index contributed by atoms with van der Waals surface area (Å²) >= 11 is 6.76. The van der Waals surface area contributed by atoms with Crippen LogP contribution in [0.3, 0.4) is 0 Å². The first kappa shape index (κ1) is 14.3. The van der Waals surface area contributed by atoms with E-state index < -0.39 is 11.8 Å². The lowest BCUT2D eigenvalue weighted by Crippen LogP contribution is -2.04. The zero-order valence-corrected chi connectivity index (χ0v) is 12.4. The van der Waals surface area contributed by atoms with Crippen molar-refractivity contribution in [2.45, 2.75) is 23.9 Å². The van der Waals surface area contributed by atoms with Gasteiger partial charge in [0.1, 0.15) is 11.6 Å². The van der Waals surface area contributed by atoms with E-state index in [4.69, 9.17) is 16.7 Å². The summed E-state index contributed by atoms with van der Waals surface area (Å²) in [7, 11) is 0. The van der Waals surface area contributed by atoms with Crippen LogP contribution in [0.5, 0.6) is 0 Å². The third kappa shape index (κ3) is 3.03. The first-order chi connectivity index (χ1) is 10.1. The number of benzene rings is 1. The van der Waals surface area contributed by atoms with Gasteiger partial charge in [0, 0.05) is 5.92 Å². The Labute approximate surface area is 129 Å².